The summed E-state index contributed by atoms with van der Waals surface area (Å²) in [6.07, 6.45) is 1.77. The molecule has 0 saturated heterocycles. The van der Waals surface area contributed by atoms with Gasteiger partial charge in [-0.1, -0.05) is 0 Å². The summed E-state index contributed by atoms with van der Waals surface area (Å²) >= 11 is 1.12. The first kappa shape index (κ1) is 12.4. The van der Waals surface area contributed by atoms with Crippen molar-refractivity contribution in [2.45, 2.75) is 13.5 Å². The minimum Gasteiger partial charge on any atom is -0.382 e. The number of amides is 1. The van der Waals surface area contributed by atoms with E-state index < -0.39 is 5.91 Å². The number of anilines is 2. The molecule has 2 rings (SSSR count). The largest absolute Gasteiger partial charge is 0.382 e. The van der Waals surface area contributed by atoms with E-state index in [2.05, 4.69) is 14.8 Å². The molecule has 0 unspecified atom stereocenters. The van der Waals surface area contributed by atoms with Crippen molar-refractivity contribution < 1.29 is 4.79 Å². The van der Waals surface area contributed by atoms with Gasteiger partial charge in [-0.3, -0.25) is 9.48 Å². The van der Waals surface area contributed by atoms with Gasteiger partial charge >= 0.3 is 0 Å². The summed E-state index contributed by atoms with van der Waals surface area (Å²) in [5, 5.41) is 7.83. The number of nitrogens with zero attached hydrogens (tertiary/aromatic N) is 3. The van der Waals surface area contributed by atoms with Crippen LogP contribution in [-0.4, -0.2) is 20.1 Å². The molecule has 0 saturated carbocycles. The number of hydrogen-bond donors (Lipinski definition) is 3. The maximum absolute atomic E-state index is 11.2. The highest BCUT2D eigenvalue weighted by Gasteiger charge is 2.16. The van der Waals surface area contributed by atoms with Crippen molar-refractivity contribution in [1.82, 2.24) is 14.2 Å². The van der Waals surface area contributed by atoms with Gasteiger partial charge in [0.05, 0.1) is 6.20 Å². The Hall–Kier alpha value is -2.09. The molecule has 0 aliphatic heterocycles. The Labute approximate surface area is 108 Å². The summed E-state index contributed by atoms with van der Waals surface area (Å²) in [6, 6.07) is 0. The lowest BCUT2D eigenvalue weighted by molar-refractivity contribution is 0.100. The molecule has 0 aliphatic rings. The standard InChI is InChI=1S/C10H14N6OS/c1-5-6(4-14-16(5)2)3-13-10-7(9(12)17)8(11)15-18-10/h4,13H,3H2,1-2H3,(H2,11,15)(H2,12,17). The highest BCUT2D eigenvalue weighted by molar-refractivity contribution is 7.11. The van der Waals surface area contributed by atoms with Crippen molar-refractivity contribution in [3.8, 4) is 0 Å². The maximum Gasteiger partial charge on any atom is 0.255 e. The second-order valence-corrected chi connectivity index (χ2v) is 4.64. The van der Waals surface area contributed by atoms with Gasteiger partial charge in [0.2, 0.25) is 0 Å². The van der Waals surface area contributed by atoms with Crippen molar-refractivity contribution in [2.24, 2.45) is 12.8 Å². The molecule has 18 heavy (non-hydrogen) atoms. The zero-order chi connectivity index (χ0) is 13.3. The lowest BCUT2D eigenvalue weighted by Gasteiger charge is -2.04. The summed E-state index contributed by atoms with van der Waals surface area (Å²) in [5.41, 5.74) is 13.2. The van der Waals surface area contributed by atoms with Crippen molar-refractivity contribution >= 4 is 28.3 Å². The van der Waals surface area contributed by atoms with E-state index in [0.717, 1.165) is 22.8 Å². The molecule has 1 amide bonds. The van der Waals surface area contributed by atoms with Crippen LogP contribution in [0.5, 0.6) is 0 Å². The normalized spacial score (nSPS) is 10.6. The van der Waals surface area contributed by atoms with E-state index in [9.17, 15) is 4.79 Å². The molecule has 0 aromatic carbocycles. The number of aromatic nitrogens is 3. The van der Waals surface area contributed by atoms with Gasteiger partial charge in [-0.15, -0.1) is 0 Å². The molecule has 2 aromatic rings. The molecule has 8 heteroatoms. The smallest absolute Gasteiger partial charge is 0.255 e. The minimum absolute atomic E-state index is 0.165. The Morgan fingerprint density at radius 1 is 1.61 bits per heavy atom. The third kappa shape index (κ3) is 2.14. The highest BCUT2D eigenvalue weighted by Crippen LogP contribution is 2.26. The van der Waals surface area contributed by atoms with Crippen LogP contribution in [0.25, 0.3) is 0 Å². The number of nitrogen functional groups attached to an aromatic ring is 1. The first-order valence-corrected chi connectivity index (χ1v) is 6.04. The van der Waals surface area contributed by atoms with Crippen LogP contribution in [0.2, 0.25) is 0 Å². The predicted octanol–water partition coefficient (Wildman–Crippen LogP) is 0.478. The van der Waals surface area contributed by atoms with Gasteiger partial charge in [-0.05, 0) is 18.5 Å². The molecule has 2 heterocycles. The molecule has 0 aliphatic carbocycles. The number of nitrogens with one attached hydrogen (secondary N) is 1. The Balaban J connectivity index is 2.16. The zero-order valence-electron chi connectivity index (χ0n) is 10.1. The van der Waals surface area contributed by atoms with Gasteiger partial charge in [0.25, 0.3) is 5.91 Å². The van der Waals surface area contributed by atoms with Gasteiger partial charge in [-0.25, -0.2) is 0 Å². The molecule has 0 bridgehead atoms. The quantitative estimate of drug-likeness (QED) is 0.745. The van der Waals surface area contributed by atoms with Crippen LogP contribution in [0.4, 0.5) is 10.8 Å². The Morgan fingerprint density at radius 3 is 2.89 bits per heavy atom. The average molecular weight is 266 g/mol. The Kier molecular flexibility index (Phi) is 3.19. The molecule has 5 N–H and O–H groups in total. The van der Waals surface area contributed by atoms with Crippen LogP contribution in [0.15, 0.2) is 6.20 Å². The molecule has 0 atom stereocenters. The van der Waals surface area contributed by atoms with Crippen LogP contribution in [0, 0.1) is 6.92 Å². The van der Waals surface area contributed by atoms with Crippen molar-refractivity contribution in [3.05, 3.63) is 23.0 Å². The first-order valence-electron chi connectivity index (χ1n) is 5.27. The number of aryl methyl sites for hydroxylation is 1. The SMILES string of the molecule is Cc1c(CNc2snc(N)c2C(N)=O)cnn1C. The number of rotatable bonds is 4. The number of primary amides is 1. The first-order chi connectivity index (χ1) is 8.50. The fourth-order valence-electron chi connectivity index (χ4n) is 1.55. The van der Waals surface area contributed by atoms with Gasteiger partial charge in [-0.2, -0.15) is 9.47 Å². The third-order valence-electron chi connectivity index (χ3n) is 2.74. The van der Waals surface area contributed by atoms with Crippen LogP contribution < -0.4 is 16.8 Å². The number of carbonyl (C=O) groups excluding carboxylic acids is 1. The second kappa shape index (κ2) is 4.65. The highest BCUT2D eigenvalue weighted by atomic mass is 32.1. The third-order valence-corrected chi connectivity index (χ3v) is 3.56. The van der Waals surface area contributed by atoms with Gasteiger partial charge in [0.1, 0.15) is 10.6 Å². The number of nitrogens with two attached hydrogens (primary N) is 2. The fraction of sp³-hybridized carbons (Fsp3) is 0.300. The van der Waals surface area contributed by atoms with E-state index in [1.165, 1.54) is 0 Å². The number of hydrogen-bond acceptors (Lipinski definition) is 6. The van der Waals surface area contributed by atoms with E-state index in [0.29, 0.717) is 11.5 Å². The molecule has 0 spiro atoms. The maximum atomic E-state index is 11.2. The number of carbonyl (C=O) groups is 1. The van der Waals surface area contributed by atoms with E-state index in [4.69, 9.17) is 11.5 Å². The predicted molar refractivity (Wildman–Crippen MR) is 70.3 cm³/mol. The lowest BCUT2D eigenvalue weighted by Crippen LogP contribution is -2.14. The van der Waals surface area contributed by atoms with E-state index in [1.807, 2.05) is 14.0 Å². The van der Waals surface area contributed by atoms with Crippen LogP contribution in [-0.2, 0) is 13.6 Å². The van der Waals surface area contributed by atoms with Crippen LogP contribution >= 0.6 is 11.5 Å². The summed E-state index contributed by atoms with van der Waals surface area (Å²) in [5.74, 6) is -0.412. The van der Waals surface area contributed by atoms with Gasteiger partial charge in [0.15, 0.2) is 5.82 Å². The van der Waals surface area contributed by atoms with E-state index in [-0.39, 0.29) is 11.4 Å². The molecular weight excluding hydrogens is 252 g/mol. The molecular formula is C10H14N6OS. The van der Waals surface area contributed by atoms with E-state index in [1.54, 1.807) is 10.9 Å². The van der Waals surface area contributed by atoms with Crippen LogP contribution in [0.3, 0.4) is 0 Å². The molecule has 0 fully saturated rings. The van der Waals surface area contributed by atoms with Gasteiger partial charge in [0, 0.05) is 24.8 Å². The molecule has 96 valence electrons. The van der Waals surface area contributed by atoms with Crippen molar-refractivity contribution in [1.29, 1.82) is 0 Å². The van der Waals surface area contributed by atoms with Gasteiger partial charge < -0.3 is 16.8 Å². The molecule has 0 radical (unpaired) electrons. The Bertz CT molecular complexity index is 587. The second-order valence-electron chi connectivity index (χ2n) is 3.87. The minimum atomic E-state index is -0.577. The summed E-state index contributed by atoms with van der Waals surface area (Å²) in [6.45, 7) is 2.52. The average Bonchev–Trinajstić information content (AvgIpc) is 2.82. The Morgan fingerprint density at radius 2 is 2.33 bits per heavy atom. The summed E-state index contributed by atoms with van der Waals surface area (Å²) < 4.78 is 5.70. The topological polar surface area (TPSA) is 112 Å². The van der Waals surface area contributed by atoms with Crippen molar-refractivity contribution in [3.63, 3.8) is 0 Å². The summed E-state index contributed by atoms with van der Waals surface area (Å²) in [4.78, 5) is 11.2. The monoisotopic (exact) mass is 266 g/mol. The summed E-state index contributed by atoms with van der Waals surface area (Å²) in [7, 11) is 1.87. The van der Waals surface area contributed by atoms with Crippen molar-refractivity contribution in [2.75, 3.05) is 11.1 Å². The van der Waals surface area contributed by atoms with E-state index >= 15 is 0 Å². The zero-order valence-corrected chi connectivity index (χ0v) is 10.9. The van der Waals surface area contributed by atoms with Crippen LogP contribution in [0.1, 0.15) is 21.6 Å². The lowest BCUT2D eigenvalue weighted by atomic mass is 10.2. The fourth-order valence-corrected chi connectivity index (χ4v) is 2.27. The molecule has 7 nitrogen and oxygen atoms in total. The molecule has 2 aromatic heterocycles.